The van der Waals surface area contributed by atoms with Gasteiger partial charge in [-0.25, -0.2) is 9.98 Å². The summed E-state index contributed by atoms with van der Waals surface area (Å²) in [4.78, 5) is 23.0. The van der Waals surface area contributed by atoms with Gasteiger partial charge in [-0.2, -0.15) is 0 Å². The predicted octanol–water partition coefficient (Wildman–Crippen LogP) is 2.72. The molecule has 2 rings (SSSR count). The summed E-state index contributed by atoms with van der Waals surface area (Å²) >= 11 is 0. The van der Waals surface area contributed by atoms with E-state index in [1.54, 1.807) is 6.20 Å². The van der Waals surface area contributed by atoms with E-state index in [4.69, 9.17) is 4.74 Å². The van der Waals surface area contributed by atoms with Crippen molar-refractivity contribution in [1.29, 1.82) is 0 Å². The minimum absolute atomic E-state index is 0.300. The molecule has 0 radical (unpaired) electrons. The number of hydrogen-bond donors (Lipinski definition) is 2. The van der Waals surface area contributed by atoms with Gasteiger partial charge < -0.3 is 20.3 Å². The van der Waals surface area contributed by atoms with Gasteiger partial charge in [0.25, 0.3) is 0 Å². The molecule has 0 aliphatic carbocycles. The summed E-state index contributed by atoms with van der Waals surface area (Å²) in [5.41, 5.74) is 0.975. The van der Waals surface area contributed by atoms with Gasteiger partial charge in [0.2, 0.25) is 11.8 Å². The Morgan fingerprint density at radius 3 is 3.00 bits per heavy atom. The molecule has 156 valence electrons. The van der Waals surface area contributed by atoms with Crippen molar-refractivity contribution < 1.29 is 9.53 Å². The molecule has 0 aromatic carbocycles. The lowest BCUT2D eigenvalue weighted by molar-refractivity contribution is -0.130. The molecule has 1 fully saturated rings. The number of aliphatic imine (C=N–C) groups is 1. The zero-order valence-corrected chi connectivity index (χ0v) is 17.4. The van der Waals surface area contributed by atoms with Crippen LogP contribution in [-0.2, 0) is 11.3 Å². The Bertz CT molecular complexity index is 621. The molecule has 7 heteroatoms. The van der Waals surface area contributed by atoms with Crippen LogP contribution in [-0.4, -0.2) is 54.5 Å². The fourth-order valence-corrected chi connectivity index (χ4v) is 3.13. The number of amides is 1. The van der Waals surface area contributed by atoms with Crippen molar-refractivity contribution in [2.45, 2.75) is 58.9 Å². The molecule has 2 heterocycles. The van der Waals surface area contributed by atoms with E-state index < -0.39 is 0 Å². The highest BCUT2D eigenvalue weighted by Crippen LogP contribution is 2.15. The first-order valence-corrected chi connectivity index (χ1v) is 10.6. The highest BCUT2D eigenvalue weighted by atomic mass is 16.5. The second-order valence-corrected chi connectivity index (χ2v) is 6.98. The number of ether oxygens (including phenoxy) is 1. The van der Waals surface area contributed by atoms with Crippen molar-refractivity contribution in [3.63, 3.8) is 0 Å². The van der Waals surface area contributed by atoms with E-state index in [-0.39, 0.29) is 0 Å². The molecule has 2 N–H and O–H groups in total. The number of aromatic nitrogens is 1. The van der Waals surface area contributed by atoms with E-state index in [9.17, 15) is 4.79 Å². The maximum Gasteiger partial charge on any atom is 0.222 e. The van der Waals surface area contributed by atoms with Crippen LogP contribution in [0.2, 0.25) is 0 Å². The maximum absolute atomic E-state index is 12.1. The van der Waals surface area contributed by atoms with E-state index in [2.05, 4.69) is 27.5 Å². The Kier molecular flexibility index (Phi) is 10.2. The van der Waals surface area contributed by atoms with Gasteiger partial charge in [0, 0.05) is 44.4 Å². The molecule has 28 heavy (non-hydrogen) atoms. The summed E-state index contributed by atoms with van der Waals surface area (Å²) in [5, 5.41) is 6.63. The van der Waals surface area contributed by atoms with Crippen LogP contribution in [0.4, 0.5) is 0 Å². The number of carbonyl (C=O) groups is 1. The fraction of sp³-hybridized carbons (Fsp3) is 0.667. The number of rotatable bonds is 10. The number of carbonyl (C=O) groups excluding carboxylic acids is 1. The predicted molar refractivity (Wildman–Crippen MR) is 113 cm³/mol. The molecule has 1 amide bonds. The van der Waals surface area contributed by atoms with Crippen molar-refractivity contribution in [2.75, 3.05) is 32.8 Å². The second kappa shape index (κ2) is 13.0. The lowest BCUT2D eigenvalue weighted by Crippen LogP contribution is -2.39. The van der Waals surface area contributed by atoms with Crippen LogP contribution in [0.1, 0.15) is 57.9 Å². The molecule has 0 atom stereocenters. The van der Waals surface area contributed by atoms with Crippen LogP contribution in [0.3, 0.4) is 0 Å². The third kappa shape index (κ3) is 7.74. The van der Waals surface area contributed by atoms with Crippen molar-refractivity contribution >= 4 is 11.9 Å². The first kappa shape index (κ1) is 22.0. The summed E-state index contributed by atoms with van der Waals surface area (Å²) in [6.07, 6.45) is 7.61. The van der Waals surface area contributed by atoms with Crippen molar-refractivity contribution in [3.8, 4) is 5.88 Å². The van der Waals surface area contributed by atoms with Crippen LogP contribution in [0.5, 0.6) is 5.88 Å². The Morgan fingerprint density at radius 1 is 1.29 bits per heavy atom. The number of nitrogens with zero attached hydrogens (tertiary/aromatic N) is 3. The first-order chi connectivity index (χ1) is 13.7. The second-order valence-electron chi connectivity index (χ2n) is 6.98. The van der Waals surface area contributed by atoms with Crippen LogP contribution < -0.4 is 15.4 Å². The number of nitrogens with one attached hydrogen (secondary N) is 2. The highest BCUT2D eigenvalue weighted by Gasteiger charge is 2.15. The van der Waals surface area contributed by atoms with Gasteiger partial charge in [-0.1, -0.05) is 19.4 Å². The van der Waals surface area contributed by atoms with Gasteiger partial charge in [0.1, 0.15) is 0 Å². The third-order valence-electron chi connectivity index (χ3n) is 4.61. The first-order valence-electron chi connectivity index (χ1n) is 10.6. The zero-order chi connectivity index (χ0) is 20.0. The van der Waals surface area contributed by atoms with Crippen LogP contribution in [0, 0.1) is 0 Å². The molecule has 0 unspecified atom stereocenters. The largest absolute Gasteiger partial charge is 0.477 e. The van der Waals surface area contributed by atoms with Crippen molar-refractivity contribution in [2.24, 2.45) is 4.99 Å². The zero-order valence-electron chi connectivity index (χ0n) is 17.4. The number of guanidine groups is 1. The molecule has 1 aliphatic rings. The molecule has 0 saturated carbocycles. The van der Waals surface area contributed by atoms with Crippen LogP contribution in [0.25, 0.3) is 0 Å². The van der Waals surface area contributed by atoms with E-state index >= 15 is 0 Å². The molecule has 0 bridgehead atoms. The average Bonchev–Trinajstić information content (AvgIpc) is 2.92. The lowest BCUT2D eigenvalue weighted by atomic mass is 10.2. The third-order valence-corrected chi connectivity index (χ3v) is 4.61. The molecular weight excluding hydrogens is 354 g/mol. The molecule has 1 saturated heterocycles. The molecule has 7 nitrogen and oxygen atoms in total. The summed E-state index contributed by atoms with van der Waals surface area (Å²) in [5.74, 6) is 1.73. The standard InChI is InChI=1S/C21H35N5O2/c1-3-16-28-20-18(10-8-12-23-20)17-25-21(22-4-2)24-13-9-15-26-14-7-5-6-11-19(26)27/h8,10,12H,3-7,9,11,13-17H2,1-2H3,(H2,22,24,25). The van der Waals surface area contributed by atoms with Crippen molar-refractivity contribution in [3.05, 3.63) is 23.9 Å². The molecule has 1 aromatic rings. The minimum atomic E-state index is 0.300. The Morgan fingerprint density at radius 2 is 2.18 bits per heavy atom. The van der Waals surface area contributed by atoms with Gasteiger partial charge in [0.15, 0.2) is 5.96 Å². The lowest BCUT2D eigenvalue weighted by Gasteiger charge is -2.20. The minimum Gasteiger partial charge on any atom is -0.477 e. The number of likely N-dealkylation sites (tertiary alicyclic amines) is 1. The smallest absolute Gasteiger partial charge is 0.222 e. The Balaban J connectivity index is 1.82. The SMILES string of the molecule is CCCOc1ncccc1CN=C(NCC)NCCCN1CCCCCC1=O. The highest BCUT2D eigenvalue weighted by molar-refractivity contribution is 5.79. The van der Waals surface area contributed by atoms with E-state index in [1.807, 2.05) is 24.0 Å². The number of hydrogen-bond acceptors (Lipinski definition) is 4. The van der Waals surface area contributed by atoms with Gasteiger partial charge in [-0.15, -0.1) is 0 Å². The summed E-state index contributed by atoms with van der Waals surface area (Å²) in [6.45, 7) is 8.57. The number of pyridine rings is 1. The van der Waals surface area contributed by atoms with Gasteiger partial charge >= 0.3 is 0 Å². The summed E-state index contributed by atoms with van der Waals surface area (Å²) in [6, 6.07) is 3.90. The molecule has 0 spiro atoms. The van der Waals surface area contributed by atoms with Crippen LogP contribution >= 0.6 is 0 Å². The normalized spacial score (nSPS) is 15.3. The topological polar surface area (TPSA) is 78.9 Å². The van der Waals surface area contributed by atoms with E-state index in [1.165, 1.54) is 0 Å². The molecule has 1 aliphatic heterocycles. The van der Waals surface area contributed by atoms with E-state index in [0.717, 1.165) is 69.8 Å². The van der Waals surface area contributed by atoms with Gasteiger partial charge in [-0.3, -0.25) is 4.79 Å². The van der Waals surface area contributed by atoms with E-state index in [0.29, 0.717) is 31.4 Å². The molecule has 1 aromatic heterocycles. The monoisotopic (exact) mass is 389 g/mol. The van der Waals surface area contributed by atoms with Gasteiger partial charge in [-0.05, 0) is 38.7 Å². The quantitative estimate of drug-likeness (QED) is 0.365. The fourth-order valence-electron chi connectivity index (χ4n) is 3.13. The molecular formula is C21H35N5O2. The Labute approximate surface area is 169 Å². The average molecular weight is 390 g/mol. The summed E-state index contributed by atoms with van der Waals surface area (Å²) in [7, 11) is 0. The summed E-state index contributed by atoms with van der Waals surface area (Å²) < 4.78 is 5.71. The Hall–Kier alpha value is -2.31. The maximum atomic E-state index is 12.1. The van der Waals surface area contributed by atoms with Crippen molar-refractivity contribution in [1.82, 2.24) is 20.5 Å². The van der Waals surface area contributed by atoms with Crippen LogP contribution in [0.15, 0.2) is 23.3 Å². The van der Waals surface area contributed by atoms with Gasteiger partial charge in [0.05, 0.1) is 13.2 Å².